The Morgan fingerprint density at radius 3 is 2.40 bits per heavy atom. The number of benzene rings is 1. The van der Waals surface area contributed by atoms with Crippen LogP contribution in [0.3, 0.4) is 0 Å². The predicted molar refractivity (Wildman–Crippen MR) is 167 cm³/mol. The lowest BCUT2D eigenvalue weighted by Crippen LogP contribution is -2.62. The minimum absolute atomic E-state index is 0.0625. The molecule has 240 valence electrons. The molecule has 4 aliphatic carbocycles. The highest BCUT2D eigenvalue weighted by molar-refractivity contribution is 5.92. The van der Waals surface area contributed by atoms with Crippen LogP contribution >= 0.6 is 0 Å². The Bertz CT molecular complexity index is 1180. The Hall–Kier alpha value is -2.16. The van der Waals surface area contributed by atoms with Gasteiger partial charge < -0.3 is 25.4 Å². The molecule has 11 atom stereocenters. The van der Waals surface area contributed by atoms with E-state index in [-0.39, 0.29) is 58.5 Å². The molecule has 5 rings (SSSR count). The van der Waals surface area contributed by atoms with Gasteiger partial charge in [-0.2, -0.15) is 0 Å². The summed E-state index contributed by atoms with van der Waals surface area (Å²) in [7, 11) is 0. The average Bonchev–Trinajstić information content (AvgIpc) is 3.26. The van der Waals surface area contributed by atoms with Gasteiger partial charge in [-0.1, -0.05) is 26.8 Å². The van der Waals surface area contributed by atoms with Crippen LogP contribution in [-0.4, -0.2) is 51.2 Å². The summed E-state index contributed by atoms with van der Waals surface area (Å²) < 4.78 is 5.32. The van der Waals surface area contributed by atoms with Crippen LogP contribution in [0.15, 0.2) is 24.3 Å². The maximum absolute atomic E-state index is 13.0. The minimum atomic E-state index is -0.601. The normalized spacial score (nSPS) is 39.6. The molecule has 0 spiro atoms. The van der Waals surface area contributed by atoms with Gasteiger partial charge in [0.25, 0.3) is 0 Å². The van der Waals surface area contributed by atoms with E-state index >= 15 is 0 Å². The smallest absolute Gasteiger partial charge is 0.412 e. The van der Waals surface area contributed by atoms with Gasteiger partial charge in [0.05, 0.1) is 18.3 Å². The first-order chi connectivity index (χ1) is 20.1. The van der Waals surface area contributed by atoms with Crippen molar-refractivity contribution >= 4 is 23.4 Å². The fraction of sp³-hybridized carbons (Fsp3) is 0.771. The topological polar surface area (TPSA) is 128 Å². The Morgan fingerprint density at radius 2 is 1.70 bits per heavy atom. The molecule has 1 aromatic carbocycles. The van der Waals surface area contributed by atoms with Crippen molar-refractivity contribution in [3.63, 3.8) is 0 Å². The molecule has 0 saturated heterocycles. The lowest BCUT2D eigenvalue weighted by atomic mass is 9.43. The number of hydrogen-bond donors (Lipinski definition) is 5. The van der Waals surface area contributed by atoms with Gasteiger partial charge in [0.2, 0.25) is 5.91 Å². The zero-order valence-electron chi connectivity index (χ0n) is 26.9. The van der Waals surface area contributed by atoms with Crippen LogP contribution in [-0.2, 0) is 9.53 Å². The Labute approximate surface area is 257 Å². The van der Waals surface area contributed by atoms with Gasteiger partial charge in [0.1, 0.15) is 5.60 Å². The summed E-state index contributed by atoms with van der Waals surface area (Å²) in [6, 6.07) is 7.04. The Balaban J connectivity index is 1.20. The highest BCUT2D eigenvalue weighted by Crippen LogP contribution is 2.68. The molecule has 0 radical (unpaired) electrons. The van der Waals surface area contributed by atoms with Crippen LogP contribution in [0.5, 0.6) is 0 Å². The molecule has 43 heavy (non-hydrogen) atoms. The van der Waals surface area contributed by atoms with Crippen molar-refractivity contribution in [2.45, 2.75) is 123 Å². The van der Waals surface area contributed by atoms with E-state index in [1.807, 2.05) is 0 Å². The molecule has 4 aliphatic rings. The van der Waals surface area contributed by atoms with Gasteiger partial charge in [-0.25, -0.2) is 4.79 Å². The highest BCUT2D eigenvalue weighted by Gasteiger charge is 2.65. The summed E-state index contributed by atoms with van der Waals surface area (Å²) in [5.74, 6) is 1.50. The number of aliphatic hydroxyl groups is 3. The first-order valence-electron chi connectivity index (χ1n) is 16.6. The lowest BCUT2D eigenvalue weighted by Gasteiger charge is -2.63. The molecule has 0 heterocycles. The maximum atomic E-state index is 13.0. The van der Waals surface area contributed by atoms with Gasteiger partial charge in [0.15, 0.2) is 0 Å². The molecule has 2 amide bonds. The second-order valence-electron chi connectivity index (χ2n) is 15.8. The van der Waals surface area contributed by atoms with Gasteiger partial charge in [-0.05, 0) is 137 Å². The molecule has 5 N–H and O–H groups in total. The largest absolute Gasteiger partial charge is 0.444 e. The third-order valence-corrected chi connectivity index (χ3v) is 12.1. The number of ether oxygens (including phenoxy) is 1. The molecule has 8 heteroatoms. The highest BCUT2D eigenvalue weighted by atomic mass is 16.6. The number of aliphatic hydroxyl groups excluding tert-OH is 3. The number of anilines is 2. The Morgan fingerprint density at radius 1 is 1.00 bits per heavy atom. The van der Waals surface area contributed by atoms with Crippen molar-refractivity contribution in [2.24, 2.45) is 46.3 Å². The van der Waals surface area contributed by atoms with Gasteiger partial charge in [0, 0.05) is 17.8 Å². The summed E-state index contributed by atoms with van der Waals surface area (Å²) >= 11 is 0. The molecular formula is C35H54N2O6. The van der Waals surface area contributed by atoms with E-state index in [9.17, 15) is 24.9 Å². The lowest BCUT2D eigenvalue weighted by molar-refractivity contribution is -0.207. The van der Waals surface area contributed by atoms with Crippen LogP contribution in [0.1, 0.15) is 99.3 Å². The van der Waals surface area contributed by atoms with Crippen LogP contribution in [0.4, 0.5) is 16.2 Å². The molecule has 1 aromatic rings. The van der Waals surface area contributed by atoms with Crippen molar-refractivity contribution in [1.29, 1.82) is 0 Å². The van der Waals surface area contributed by atoms with E-state index in [0.717, 1.165) is 51.4 Å². The Kier molecular flexibility index (Phi) is 8.98. The van der Waals surface area contributed by atoms with Crippen molar-refractivity contribution in [3.05, 3.63) is 24.3 Å². The molecule has 0 bridgehead atoms. The zero-order chi connectivity index (χ0) is 31.3. The summed E-state index contributed by atoms with van der Waals surface area (Å²) in [6.45, 7) is 12.2. The first kappa shape index (κ1) is 32.2. The van der Waals surface area contributed by atoms with Gasteiger partial charge in [-0.3, -0.25) is 10.1 Å². The SMILES string of the molecule is C[C@H](CCC(=O)Nc1cccc(NC(=O)OC(C)(C)C)c1)[C@H]1CC[C@H]2[C@@H]3[C@H](O)C[C@@H]4C[C@H](O)CC[C@]4(C)[C@H]3C[C@H](O)[C@]12C. The number of amides is 2. The van der Waals surface area contributed by atoms with Crippen molar-refractivity contribution < 1.29 is 29.6 Å². The molecule has 0 aliphatic heterocycles. The van der Waals surface area contributed by atoms with Crippen molar-refractivity contribution in [3.8, 4) is 0 Å². The molecule has 0 unspecified atom stereocenters. The zero-order valence-corrected chi connectivity index (χ0v) is 26.9. The monoisotopic (exact) mass is 598 g/mol. The molecule has 8 nitrogen and oxygen atoms in total. The summed E-state index contributed by atoms with van der Waals surface area (Å²) in [5, 5.41) is 39.4. The van der Waals surface area contributed by atoms with E-state index in [1.165, 1.54) is 0 Å². The second-order valence-corrected chi connectivity index (χ2v) is 15.8. The third kappa shape index (κ3) is 6.34. The second kappa shape index (κ2) is 12.0. The van der Waals surface area contributed by atoms with Gasteiger partial charge >= 0.3 is 6.09 Å². The molecular weight excluding hydrogens is 544 g/mol. The summed E-state index contributed by atoms with van der Waals surface area (Å²) in [4.78, 5) is 25.1. The number of hydrogen-bond acceptors (Lipinski definition) is 6. The van der Waals surface area contributed by atoms with E-state index in [0.29, 0.717) is 23.7 Å². The third-order valence-electron chi connectivity index (χ3n) is 12.1. The molecule has 0 aromatic heterocycles. The number of rotatable bonds is 6. The predicted octanol–water partition coefficient (Wildman–Crippen LogP) is 6.35. The average molecular weight is 599 g/mol. The van der Waals surface area contributed by atoms with E-state index in [4.69, 9.17) is 4.74 Å². The fourth-order valence-corrected chi connectivity index (χ4v) is 10.0. The van der Waals surface area contributed by atoms with Crippen LogP contribution < -0.4 is 10.6 Å². The van der Waals surface area contributed by atoms with Gasteiger partial charge in [-0.15, -0.1) is 0 Å². The van der Waals surface area contributed by atoms with Crippen LogP contribution in [0.25, 0.3) is 0 Å². The standard InChI is InChI=1S/C35H54N2O6/c1-20(10-13-30(41)36-22-8-7-9-23(18-22)37-32(42)43-33(2,3)4)25-11-12-26-31-27(19-29(40)35(25,26)6)34(5)15-14-24(38)16-21(34)17-28(31)39/h7-9,18,20-21,24-29,31,38-40H,10-17,19H2,1-6H3,(H,36,41)(H,37,42)/t20-,21+,24-,25-,26+,27+,28-,29+,31+,34+,35-/m1/s1. The van der Waals surface area contributed by atoms with E-state index in [2.05, 4.69) is 31.4 Å². The van der Waals surface area contributed by atoms with Crippen molar-refractivity contribution in [1.82, 2.24) is 0 Å². The quantitative estimate of drug-likeness (QED) is 0.260. The van der Waals surface area contributed by atoms with E-state index < -0.39 is 17.8 Å². The summed E-state index contributed by atoms with van der Waals surface area (Å²) in [6.07, 6.45) is 5.50. The maximum Gasteiger partial charge on any atom is 0.412 e. The molecule has 4 fully saturated rings. The fourth-order valence-electron chi connectivity index (χ4n) is 10.0. The van der Waals surface area contributed by atoms with Crippen LogP contribution in [0, 0.1) is 46.3 Å². The van der Waals surface area contributed by atoms with E-state index in [1.54, 1.807) is 45.0 Å². The number of carbonyl (C=O) groups is 2. The first-order valence-corrected chi connectivity index (χ1v) is 16.6. The summed E-state index contributed by atoms with van der Waals surface area (Å²) in [5.41, 5.74) is 0.338. The van der Waals surface area contributed by atoms with Crippen molar-refractivity contribution in [2.75, 3.05) is 10.6 Å². The van der Waals surface area contributed by atoms with Crippen LogP contribution in [0.2, 0.25) is 0 Å². The minimum Gasteiger partial charge on any atom is -0.444 e. The number of nitrogens with one attached hydrogen (secondary N) is 2. The number of carbonyl (C=O) groups excluding carboxylic acids is 2. The molecule has 4 saturated carbocycles. The number of fused-ring (bicyclic) bond motifs is 5.